The van der Waals surface area contributed by atoms with Crippen molar-refractivity contribution in [3.63, 3.8) is 0 Å². The fourth-order valence-electron chi connectivity index (χ4n) is 4.76. The van der Waals surface area contributed by atoms with E-state index < -0.39 is 36.6 Å². The van der Waals surface area contributed by atoms with Gasteiger partial charge in [-0.15, -0.1) is 0 Å². The molecule has 2 aliphatic rings. The quantitative estimate of drug-likeness (QED) is 0.401. The predicted octanol–water partition coefficient (Wildman–Crippen LogP) is 4.33. The summed E-state index contributed by atoms with van der Waals surface area (Å²) in [7, 11) is -1.11. The lowest BCUT2D eigenvalue weighted by Crippen LogP contribution is -2.41. The third-order valence-electron chi connectivity index (χ3n) is 8.44. The zero-order valence-corrected chi connectivity index (χ0v) is 22.1. The predicted molar refractivity (Wildman–Crippen MR) is 142 cm³/mol. The largest absolute Gasteiger partial charge is 0.494 e. The van der Waals surface area contributed by atoms with E-state index in [4.69, 9.17) is 18.6 Å². The maximum atomic E-state index is 10.2. The highest BCUT2D eigenvalue weighted by atomic mass is 16.7. The molecule has 36 heavy (non-hydrogen) atoms. The summed E-state index contributed by atoms with van der Waals surface area (Å²) < 4.78 is 24.9. The Morgan fingerprint density at radius 1 is 0.528 bits per heavy atom. The van der Waals surface area contributed by atoms with Gasteiger partial charge in [-0.05, 0) is 66.3 Å². The van der Waals surface area contributed by atoms with Gasteiger partial charge >= 0.3 is 14.2 Å². The second-order valence-electron chi connectivity index (χ2n) is 11.8. The fraction of sp³-hybridized carbons (Fsp3) is 0.429. The van der Waals surface area contributed by atoms with E-state index in [-0.39, 0.29) is 0 Å². The zero-order chi connectivity index (χ0) is 26.3. The highest BCUT2D eigenvalue weighted by molar-refractivity contribution is 6.63. The van der Waals surface area contributed by atoms with Crippen molar-refractivity contribution in [2.75, 3.05) is 0 Å². The van der Waals surface area contributed by atoms with Gasteiger partial charge in [0, 0.05) is 21.5 Å². The summed E-state index contributed by atoms with van der Waals surface area (Å²) in [6.07, 6.45) is 0. The zero-order valence-electron chi connectivity index (χ0n) is 22.1. The highest BCUT2D eigenvalue weighted by Crippen LogP contribution is 2.39. The van der Waals surface area contributed by atoms with E-state index in [1.807, 2.05) is 91.8 Å². The van der Waals surface area contributed by atoms with Gasteiger partial charge in [-0.3, -0.25) is 0 Å². The van der Waals surface area contributed by atoms with E-state index >= 15 is 0 Å². The molecule has 0 aromatic heterocycles. The second-order valence-corrected chi connectivity index (χ2v) is 11.8. The Balaban J connectivity index is 1.66. The van der Waals surface area contributed by atoms with Gasteiger partial charge in [0.1, 0.15) is 12.1 Å². The number of benzene rings is 3. The van der Waals surface area contributed by atoms with Crippen LogP contribution in [0.5, 0.6) is 0 Å². The molecular weight excluding hydrogens is 450 g/mol. The van der Waals surface area contributed by atoms with Gasteiger partial charge in [0.25, 0.3) is 0 Å². The molecule has 0 amide bonds. The number of hydrogen-bond acceptors (Lipinski definition) is 6. The average molecular weight is 480 g/mol. The minimum atomic E-state index is -0.557. The minimum Gasteiger partial charge on any atom is -0.399 e. The lowest BCUT2D eigenvalue weighted by atomic mass is 9.75. The molecule has 2 aliphatic heterocycles. The van der Waals surface area contributed by atoms with Gasteiger partial charge in [0.15, 0.2) is 0 Å². The molecule has 0 radical (unpaired) electrons. The van der Waals surface area contributed by atoms with Crippen molar-refractivity contribution >= 4 is 46.7 Å². The first-order valence-corrected chi connectivity index (χ1v) is 12.3. The van der Waals surface area contributed by atoms with E-state index in [0.717, 1.165) is 10.9 Å². The normalized spacial score (nSPS) is 21.6. The molecule has 0 spiro atoms. The van der Waals surface area contributed by atoms with Gasteiger partial charge in [0.2, 0.25) is 0 Å². The van der Waals surface area contributed by atoms with Crippen LogP contribution in [0, 0.1) is 22.7 Å². The lowest BCUT2D eigenvalue weighted by molar-refractivity contribution is 0.00578. The summed E-state index contributed by atoms with van der Waals surface area (Å²) in [6.45, 7) is 16.1. The number of nitriles is 2. The Morgan fingerprint density at radius 3 is 1.11 bits per heavy atom. The van der Waals surface area contributed by atoms with E-state index in [1.165, 1.54) is 0 Å². The van der Waals surface area contributed by atoms with Crippen LogP contribution in [0.1, 0.15) is 66.5 Å². The highest BCUT2D eigenvalue weighted by Gasteiger charge is 2.52. The summed E-state index contributed by atoms with van der Waals surface area (Å²) in [6, 6.07) is 16.2. The third kappa shape index (κ3) is 3.56. The number of hydrogen-bond donors (Lipinski definition) is 0. The van der Waals surface area contributed by atoms with Crippen molar-refractivity contribution in [2.24, 2.45) is 0 Å². The summed E-state index contributed by atoms with van der Waals surface area (Å²) in [5.41, 5.74) is 0.747. The molecule has 8 heteroatoms. The molecule has 2 saturated heterocycles. The van der Waals surface area contributed by atoms with Crippen LogP contribution in [0.4, 0.5) is 0 Å². The molecule has 0 N–H and O–H groups in total. The molecule has 0 aliphatic carbocycles. The molecular formula is C28H30B2N2O4. The van der Waals surface area contributed by atoms with E-state index in [9.17, 15) is 10.5 Å². The van der Waals surface area contributed by atoms with Gasteiger partial charge < -0.3 is 18.6 Å². The molecule has 182 valence electrons. The molecule has 0 bridgehead atoms. The molecule has 0 atom stereocenters. The van der Waals surface area contributed by atoms with Crippen LogP contribution in [0.2, 0.25) is 0 Å². The van der Waals surface area contributed by atoms with Crippen LogP contribution in [-0.2, 0) is 18.6 Å². The Kier molecular flexibility index (Phi) is 5.38. The van der Waals surface area contributed by atoms with Crippen molar-refractivity contribution in [1.82, 2.24) is 0 Å². The molecule has 3 aromatic rings. The topological polar surface area (TPSA) is 84.5 Å². The van der Waals surface area contributed by atoms with Crippen molar-refractivity contribution in [3.8, 4) is 12.1 Å². The third-order valence-corrected chi connectivity index (χ3v) is 8.44. The average Bonchev–Trinajstić information content (AvgIpc) is 3.16. The van der Waals surface area contributed by atoms with Crippen LogP contribution < -0.4 is 10.9 Å². The summed E-state index contributed by atoms with van der Waals surface area (Å²) >= 11 is 0. The van der Waals surface area contributed by atoms with Crippen molar-refractivity contribution < 1.29 is 18.6 Å². The maximum Gasteiger partial charge on any atom is 0.494 e. The van der Waals surface area contributed by atoms with Crippen LogP contribution in [0.3, 0.4) is 0 Å². The fourth-order valence-corrected chi connectivity index (χ4v) is 4.76. The molecule has 0 unspecified atom stereocenters. The van der Waals surface area contributed by atoms with Crippen molar-refractivity contribution in [2.45, 2.75) is 77.8 Å². The van der Waals surface area contributed by atoms with E-state index in [1.54, 1.807) is 0 Å². The molecule has 0 saturated carbocycles. The lowest BCUT2D eigenvalue weighted by Gasteiger charge is -2.32. The Labute approximate surface area is 213 Å². The van der Waals surface area contributed by atoms with Crippen LogP contribution in [0.25, 0.3) is 21.5 Å². The monoisotopic (exact) mass is 480 g/mol. The van der Waals surface area contributed by atoms with Crippen molar-refractivity contribution in [1.29, 1.82) is 10.5 Å². The first-order chi connectivity index (χ1) is 16.7. The minimum absolute atomic E-state index is 0.476. The number of nitrogens with zero attached hydrogens (tertiary/aromatic N) is 2. The van der Waals surface area contributed by atoms with E-state index in [2.05, 4.69) is 12.1 Å². The van der Waals surface area contributed by atoms with Crippen LogP contribution in [-0.4, -0.2) is 36.6 Å². The standard InChI is InChI=1S/C28H30B2N2O4/c1-25(2)26(3,4)34-29(33-25)17-9-11-19-21(13-17)23(15-31)20-12-10-18(14-22(20)24(19)16-32)30-35-27(5,6)28(7,8)36-30/h9-14H,1-8H3. The van der Waals surface area contributed by atoms with Crippen LogP contribution in [0.15, 0.2) is 36.4 Å². The maximum absolute atomic E-state index is 10.2. The smallest absolute Gasteiger partial charge is 0.399 e. The summed E-state index contributed by atoms with van der Waals surface area (Å²) in [5.74, 6) is 0. The molecule has 3 aromatic carbocycles. The molecule has 2 heterocycles. The number of fused-ring (bicyclic) bond motifs is 2. The molecule has 5 rings (SSSR count). The molecule has 6 nitrogen and oxygen atoms in total. The summed E-state index contributed by atoms with van der Waals surface area (Å²) in [4.78, 5) is 0. The Hall–Kier alpha value is -2.87. The van der Waals surface area contributed by atoms with Crippen LogP contribution >= 0.6 is 0 Å². The van der Waals surface area contributed by atoms with Gasteiger partial charge in [-0.2, -0.15) is 10.5 Å². The SMILES string of the molecule is CC1(C)OB(c2ccc3c(C#N)c4cc(B5OC(C)(C)C(C)(C)O5)ccc4c(C#N)c3c2)OC1(C)C. The second kappa shape index (κ2) is 7.81. The number of rotatable bonds is 2. The first kappa shape index (κ1) is 24.8. The first-order valence-electron chi connectivity index (χ1n) is 12.3. The summed E-state index contributed by atoms with van der Waals surface area (Å²) in [5, 5.41) is 23.2. The Morgan fingerprint density at radius 2 is 0.833 bits per heavy atom. The molecule has 2 fully saturated rings. The van der Waals surface area contributed by atoms with Gasteiger partial charge in [0.05, 0.1) is 33.5 Å². The van der Waals surface area contributed by atoms with Gasteiger partial charge in [-0.1, -0.05) is 36.4 Å². The van der Waals surface area contributed by atoms with Gasteiger partial charge in [-0.25, -0.2) is 0 Å². The Bertz CT molecular complexity index is 1350. The van der Waals surface area contributed by atoms with E-state index in [0.29, 0.717) is 32.7 Å². The van der Waals surface area contributed by atoms with Crippen molar-refractivity contribution in [3.05, 3.63) is 47.5 Å².